The molecule has 15 heavy (non-hydrogen) atoms. The molecule has 4 N–H and O–H groups in total. The Morgan fingerprint density at radius 3 is 2.33 bits per heavy atom. The number of nitrogens with one attached hydrogen (secondary N) is 1. The van der Waals surface area contributed by atoms with Crippen LogP contribution in [0.2, 0.25) is 0 Å². The summed E-state index contributed by atoms with van der Waals surface area (Å²) in [6, 6.07) is 0.357. The van der Waals surface area contributed by atoms with Gasteiger partial charge in [-0.3, -0.25) is 11.3 Å². The van der Waals surface area contributed by atoms with E-state index in [-0.39, 0.29) is 0 Å². The summed E-state index contributed by atoms with van der Waals surface area (Å²) in [4.78, 5) is 0. The van der Waals surface area contributed by atoms with Gasteiger partial charge in [0, 0.05) is 6.04 Å². The van der Waals surface area contributed by atoms with Crippen LogP contribution in [0.15, 0.2) is 0 Å². The molecule has 0 aromatic rings. The lowest BCUT2D eigenvalue weighted by Gasteiger charge is -2.45. The van der Waals surface area contributed by atoms with Gasteiger partial charge in [-0.25, -0.2) is 0 Å². The summed E-state index contributed by atoms with van der Waals surface area (Å²) >= 11 is 0. The molecule has 1 aliphatic carbocycles. The van der Waals surface area contributed by atoms with E-state index in [4.69, 9.17) is 5.84 Å². The molecule has 3 unspecified atom stereocenters. The molecule has 0 heterocycles. The third kappa shape index (κ3) is 2.92. The number of hydrogen-bond acceptors (Lipinski definition) is 3. The Bertz CT molecular complexity index is 198. The zero-order chi connectivity index (χ0) is 11.6. The summed E-state index contributed by atoms with van der Waals surface area (Å²) in [6.45, 7) is 8.29. The van der Waals surface area contributed by atoms with Gasteiger partial charge in [0.05, 0.1) is 5.60 Å². The predicted octanol–water partition coefficient (Wildman–Crippen LogP) is 1.66. The molecule has 1 fully saturated rings. The van der Waals surface area contributed by atoms with Gasteiger partial charge in [0.25, 0.3) is 0 Å². The van der Waals surface area contributed by atoms with Crippen molar-refractivity contribution in [2.45, 2.75) is 58.6 Å². The number of hydrazine groups is 1. The fourth-order valence-electron chi connectivity index (χ4n) is 3.17. The van der Waals surface area contributed by atoms with Crippen LogP contribution in [0.1, 0.15) is 47.0 Å². The second-order valence-electron chi connectivity index (χ2n) is 5.79. The van der Waals surface area contributed by atoms with Gasteiger partial charge in [-0.1, -0.05) is 20.3 Å². The van der Waals surface area contributed by atoms with Crippen molar-refractivity contribution in [3.05, 3.63) is 0 Å². The Labute approximate surface area is 93.4 Å². The van der Waals surface area contributed by atoms with E-state index >= 15 is 0 Å². The zero-order valence-electron chi connectivity index (χ0n) is 10.5. The third-order valence-corrected chi connectivity index (χ3v) is 3.85. The Balaban J connectivity index is 2.84. The normalized spacial score (nSPS) is 33.4. The summed E-state index contributed by atoms with van der Waals surface area (Å²) < 4.78 is 0. The predicted molar refractivity (Wildman–Crippen MR) is 63.1 cm³/mol. The molecular weight excluding hydrogens is 188 g/mol. The highest BCUT2D eigenvalue weighted by Crippen LogP contribution is 2.40. The van der Waals surface area contributed by atoms with Gasteiger partial charge in [-0.05, 0) is 44.4 Å². The smallest absolute Gasteiger partial charge is 0.0623 e. The van der Waals surface area contributed by atoms with Gasteiger partial charge in [-0.15, -0.1) is 0 Å². The van der Waals surface area contributed by atoms with Crippen LogP contribution in [0.3, 0.4) is 0 Å². The van der Waals surface area contributed by atoms with Crippen LogP contribution in [0.5, 0.6) is 0 Å². The van der Waals surface area contributed by atoms with Crippen molar-refractivity contribution in [1.29, 1.82) is 0 Å². The first kappa shape index (κ1) is 12.9. The van der Waals surface area contributed by atoms with E-state index in [1.807, 2.05) is 13.8 Å². The largest absolute Gasteiger partial charge is 0.390 e. The van der Waals surface area contributed by atoms with Gasteiger partial charge >= 0.3 is 0 Å². The molecule has 90 valence electrons. The van der Waals surface area contributed by atoms with Crippen molar-refractivity contribution in [3.8, 4) is 0 Å². The zero-order valence-corrected chi connectivity index (χ0v) is 10.5. The average molecular weight is 214 g/mol. The van der Waals surface area contributed by atoms with E-state index in [0.29, 0.717) is 23.8 Å². The van der Waals surface area contributed by atoms with Gasteiger partial charge < -0.3 is 5.11 Å². The highest BCUT2D eigenvalue weighted by molar-refractivity contribution is 4.93. The maximum atomic E-state index is 10.2. The molecule has 0 aromatic heterocycles. The summed E-state index contributed by atoms with van der Waals surface area (Å²) in [6.07, 6.45) is 3.41. The number of rotatable bonds is 3. The second kappa shape index (κ2) is 4.81. The van der Waals surface area contributed by atoms with E-state index < -0.39 is 5.60 Å². The van der Waals surface area contributed by atoms with Gasteiger partial charge in [0.2, 0.25) is 0 Å². The minimum Gasteiger partial charge on any atom is -0.390 e. The lowest BCUT2D eigenvalue weighted by Crippen LogP contribution is -2.53. The Morgan fingerprint density at radius 1 is 1.33 bits per heavy atom. The topological polar surface area (TPSA) is 58.3 Å². The molecule has 0 bridgehead atoms. The molecule has 3 heteroatoms. The summed E-state index contributed by atoms with van der Waals surface area (Å²) in [7, 11) is 0. The van der Waals surface area contributed by atoms with Crippen LogP contribution in [0.25, 0.3) is 0 Å². The van der Waals surface area contributed by atoms with Crippen molar-refractivity contribution in [3.63, 3.8) is 0 Å². The number of hydrogen-bond donors (Lipinski definition) is 3. The Hall–Kier alpha value is -0.120. The first-order valence-corrected chi connectivity index (χ1v) is 6.06. The molecule has 3 nitrogen and oxygen atoms in total. The third-order valence-electron chi connectivity index (χ3n) is 3.85. The first-order valence-electron chi connectivity index (χ1n) is 6.06. The Kier molecular flexibility index (Phi) is 4.15. The summed E-state index contributed by atoms with van der Waals surface area (Å²) in [5.74, 6) is 6.99. The molecule has 0 aliphatic heterocycles. The molecule has 3 atom stereocenters. The standard InChI is InChI=1S/C12H26N2O/c1-8(2)11-9(12(3,4)15)6-5-7-10(11)14-13/h8-11,14-15H,5-7,13H2,1-4H3. The van der Waals surface area contributed by atoms with E-state index in [1.165, 1.54) is 0 Å². The maximum Gasteiger partial charge on any atom is 0.0623 e. The van der Waals surface area contributed by atoms with E-state index in [2.05, 4.69) is 19.3 Å². The van der Waals surface area contributed by atoms with E-state index in [9.17, 15) is 5.11 Å². The van der Waals surface area contributed by atoms with Crippen LogP contribution < -0.4 is 11.3 Å². The molecule has 1 saturated carbocycles. The lowest BCUT2D eigenvalue weighted by molar-refractivity contribution is -0.0496. The molecule has 1 aliphatic rings. The van der Waals surface area contributed by atoms with Crippen molar-refractivity contribution in [1.82, 2.24) is 5.43 Å². The molecule has 0 amide bonds. The van der Waals surface area contributed by atoms with Crippen molar-refractivity contribution in [2.24, 2.45) is 23.6 Å². The molecule has 0 radical (unpaired) electrons. The molecule has 0 aromatic carbocycles. The molecule has 0 spiro atoms. The van der Waals surface area contributed by atoms with Gasteiger partial charge in [-0.2, -0.15) is 0 Å². The highest BCUT2D eigenvalue weighted by Gasteiger charge is 2.41. The van der Waals surface area contributed by atoms with Crippen LogP contribution >= 0.6 is 0 Å². The maximum absolute atomic E-state index is 10.2. The fourth-order valence-corrected chi connectivity index (χ4v) is 3.17. The fraction of sp³-hybridized carbons (Fsp3) is 1.00. The van der Waals surface area contributed by atoms with Crippen LogP contribution in [-0.4, -0.2) is 16.7 Å². The number of aliphatic hydroxyl groups is 1. The minimum absolute atomic E-state index is 0.354. The van der Waals surface area contributed by atoms with Gasteiger partial charge in [0.1, 0.15) is 0 Å². The highest BCUT2D eigenvalue weighted by atomic mass is 16.3. The molecule has 1 rings (SSSR count). The Morgan fingerprint density at radius 2 is 1.93 bits per heavy atom. The average Bonchev–Trinajstić information content (AvgIpc) is 2.15. The van der Waals surface area contributed by atoms with Crippen LogP contribution in [-0.2, 0) is 0 Å². The van der Waals surface area contributed by atoms with Crippen LogP contribution in [0, 0.1) is 17.8 Å². The summed E-state index contributed by atoms with van der Waals surface area (Å²) in [5, 5.41) is 10.2. The SMILES string of the molecule is CC(C)C1C(NN)CCCC1C(C)(C)O. The van der Waals surface area contributed by atoms with Crippen molar-refractivity contribution in [2.75, 3.05) is 0 Å². The van der Waals surface area contributed by atoms with E-state index in [0.717, 1.165) is 19.3 Å². The molecular formula is C12H26N2O. The van der Waals surface area contributed by atoms with E-state index in [1.54, 1.807) is 0 Å². The second-order valence-corrected chi connectivity index (χ2v) is 5.79. The quantitative estimate of drug-likeness (QED) is 0.495. The van der Waals surface area contributed by atoms with Crippen LogP contribution in [0.4, 0.5) is 0 Å². The van der Waals surface area contributed by atoms with Gasteiger partial charge in [0.15, 0.2) is 0 Å². The summed E-state index contributed by atoms with van der Waals surface area (Å²) in [5.41, 5.74) is 2.33. The monoisotopic (exact) mass is 214 g/mol. The first-order chi connectivity index (χ1) is 6.88. The number of nitrogens with two attached hydrogens (primary N) is 1. The molecule has 0 saturated heterocycles. The minimum atomic E-state index is -0.593. The van der Waals surface area contributed by atoms with Crippen molar-refractivity contribution < 1.29 is 5.11 Å². The van der Waals surface area contributed by atoms with Crippen molar-refractivity contribution >= 4 is 0 Å². The lowest BCUT2D eigenvalue weighted by atomic mass is 9.65.